The Hall–Kier alpha value is -1.10. The van der Waals surface area contributed by atoms with Crippen LogP contribution in [0.15, 0.2) is 0 Å². The van der Waals surface area contributed by atoms with Crippen LogP contribution in [0.4, 0.5) is 0 Å². The molecule has 1 aliphatic rings. The summed E-state index contributed by atoms with van der Waals surface area (Å²) >= 11 is 0. The van der Waals surface area contributed by atoms with Crippen LogP contribution >= 0.6 is 0 Å². The second-order valence-electron chi connectivity index (χ2n) is 4.68. The molecule has 0 heterocycles. The fourth-order valence-corrected chi connectivity index (χ4v) is 2.28. The summed E-state index contributed by atoms with van der Waals surface area (Å²) in [4.78, 5) is 21.5. The third-order valence-corrected chi connectivity index (χ3v) is 3.24. The average molecular weight is 243 g/mol. The number of carboxylic acids is 2. The maximum absolute atomic E-state index is 11.0. The van der Waals surface area contributed by atoms with Crippen LogP contribution in [-0.2, 0) is 9.59 Å². The molecule has 0 aliphatic heterocycles. The van der Waals surface area contributed by atoms with E-state index in [0.717, 1.165) is 25.7 Å². The maximum Gasteiger partial charge on any atom is 0.320 e. The molecule has 0 radical (unpaired) electrons. The van der Waals surface area contributed by atoms with Crippen molar-refractivity contribution < 1.29 is 19.8 Å². The highest BCUT2D eigenvalue weighted by Gasteiger charge is 2.22. The first-order valence-electron chi connectivity index (χ1n) is 6.30. The molecule has 3 N–H and O–H groups in total. The highest BCUT2D eigenvalue weighted by Crippen LogP contribution is 2.18. The molecule has 17 heavy (non-hydrogen) atoms. The second kappa shape index (κ2) is 7.27. The number of hydrogen-bond acceptors (Lipinski definition) is 3. The Kier molecular flexibility index (Phi) is 5.97. The summed E-state index contributed by atoms with van der Waals surface area (Å²) in [5, 5.41) is 20.7. The fourth-order valence-electron chi connectivity index (χ4n) is 2.28. The van der Waals surface area contributed by atoms with Gasteiger partial charge in [0, 0.05) is 12.5 Å². The van der Waals surface area contributed by atoms with Crippen molar-refractivity contribution in [2.24, 2.45) is 0 Å². The number of hydrogen-bond donors (Lipinski definition) is 3. The zero-order chi connectivity index (χ0) is 12.7. The van der Waals surface area contributed by atoms with E-state index in [-0.39, 0.29) is 18.9 Å². The summed E-state index contributed by atoms with van der Waals surface area (Å²) in [5.74, 6) is -1.89. The van der Waals surface area contributed by atoms with Gasteiger partial charge < -0.3 is 15.5 Å². The number of carboxylic acid groups (broad SMARTS) is 2. The van der Waals surface area contributed by atoms with Gasteiger partial charge in [-0.3, -0.25) is 9.59 Å². The summed E-state index contributed by atoms with van der Waals surface area (Å²) in [7, 11) is 0. The second-order valence-corrected chi connectivity index (χ2v) is 4.68. The highest BCUT2D eigenvalue weighted by atomic mass is 16.4. The van der Waals surface area contributed by atoms with Crippen LogP contribution in [0.3, 0.4) is 0 Å². The van der Waals surface area contributed by atoms with Gasteiger partial charge >= 0.3 is 11.9 Å². The lowest BCUT2D eigenvalue weighted by molar-refractivity contribution is -0.141. The van der Waals surface area contributed by atoms with Crippen molar-refractivity contribution in [2.45, 2.75) is 63.5 Å². The first kappa shape index (κ1) is 14.0. The van der Waals surface area contributed by atoms with Gasteiger partial charge in [0.1, 0.15) is 6.04 Å². The minimum atomic E-state index is -0.949. The van der Waals surface area contributed by atoms with E-state index in [1.807, 2.05) is 0 Å². The van der Waals surface area contributed by atoms with Gasteiger partial charge in [0.05, 0.1) is 0 Å². The van der Waals surface area contributed by atoms with Gasteiger partial charge in [0.2, 0.25) is 0 Å². The van der Waals surface area contributed by atoms with Gasteiger partial charge in [0.25, 0.3) is 0 Å². The molecule has 98 valence electrons. The molecule has 0 saturated heterocycles. The van der Waals surface area contributed by atoms with E-state index in [1.165, 1.54) is 12.8 Å². The quantitative estimate of drug-likeness (QED) is 0.617. The first-order chi connectivity index (χ1) is 8.09. The Morgan fingerprint density at radius 1 is 1.12 bits per heavy atom. The lowest BCUT2D eigenvalue weighted by atomic mass is 10.1. The van der Waals surface area contributed by atoms with Crippen molar-refractivity contribution in [1.29, 1.82) is 0 Å². The third kappa shape index (κ3) is 5.68. The molecular formula is C12H21NO4. The SMILES string of the molecule is O=C(O)CCC(NC1CCCCCC1)C(=O)O. The molecule has 1 atom stereocenters. The normalized spacial score (nSPS) is 19.5. The minimum Gasteiger partial charge on any atom is -0.481 e. The zero-order valence-corrected chi connectivity index (χ0v) is 10.0. The van der Waals surface area contributed by atoms with Crippen molar-refractivity contribution in [3.05, 3.63) is 0 Å². The van der Waals surface area contributed by atoms with Crippen molar-refractivity contribution >= 4 is 11.9 Å². The van der Waals surface area contributed by atoms with Crippen LogP contribution in [0.25, 0.3) is 0 Å². The van der Waals surface area contributed by atoms with Crippen LogP contribution in [0.5, 0.6) is 0 Å². The van der Waals surface area contributed by atoms with Crippen LogP contribution < -0.4 is 5.32 Å². The fraction of sp³-hybridized carbons (Fsp3) is 0.833. The lowest BCUT2D eigenvalue weighted by Gasteiger charge is -2.21. The molecular weight excluding hydrogens is 222 g/mol. The Morgan fingerprint density at radius 2 is 1.71 bits per heavy atom. The Bertz CT molecular complexity index is 259. The van der Waals surface area contributed by atoms with Crippen molar-refractivity contribution in [1.82, 2.24) is 5.32 Å². The van der Waals surface area contributed by atoms with E-state index in [9.17, 15) is 9.59 Å². The van der Waals surface area contributed by atoms with E-state index in [4.69, 9.17) is 10.2 Å². The molecule has 0 aromatic heterocycles. The van der Waals surface area contributed by atoms with Crippen molar-refractivity contribution in [3.63, 3.8) is 0 Å². The van der Waals surface area contributed by atoms with Gasteiger partial charge in [-0.2, -0.15) is 0 Å². The summed E-state index contributed by atoms with van der Waals surface area (Å²) in [6, 6.07) is -0.499. The standard InChI is InChI=1S/C12H21NO4/c14-11(15)8-7-10(12(16)17)13-9-5-3-1-2-4-6-9/h9-10,13H,1-8H2,(H,14,15)(H,16,17). The Balaban J connectivity index is 2.41. The molecule has 0 aromatic carbocycles. The van der Waals surface area contributed by atoms with Crippen LogP contribution in [0.2, 0.25) is 0 Å². The van der Waals surface area contributed by atoms with Gasteiger partial charge in [0.15, 0.2) is 0 Å². The first-order valence-corrected chi connectivity index (χ1v) is 6.30. The highest BCUT2D eigenvalue weighted by molar-refractivity contribution is 5.75. The summed E-state index contributed by atoms with van der Waals surface area (Å²) in [6.45, 7) is 0. The minimum absolute atomic E-state index is 0.101. The molecule has 1 saturated carbocycles. The molecule has 0 aromatic rings. The Labute approximate surface area is 101 Å². The number of rotatable bonds is 6. The molecule has 5 nitrogen and oxygen atoms in total. The third-order valence-electron chi connectivity index (χ3n) is 3.24. The van der Waals surface area contributed by atoms with Crippen LogP contribution in [-0.4, -0.2) is 34.2 Å². The largest absolute Gasteiger partial charge is 0.481 e. The number of nitrogens with one attached hydrogen (secondary N) is 1. The van der Waals surface area contributed by atoms with E-state index >= 15 is 0 Å². The van der Waals surface area contributed by atoms with E-state index in [2.05, 4.69) is 5.32 Å². The molecule has 1 rings (SSSR count). The van der Waals surface area contributed by atoms with Crippen LogP contribution in [0, 0.1) is 0 Å². The molecule has 0 amide bonds. The molecule has 1 fully saturated rings. The van der Waals surface area contributed by atoms with Crippen LogP contribution in [0.1, 0.15) is 51.4 Å². The predicted octanol–water partition coefficient (Wildman–Crippen LogP) is 1.62. The van der Waals surface area contributed by atoms with Gasteiger partial charge in [-0.05, 0) is 19.3 Å². The monoisotopic (exact) mass is 243 g/mol. The summed E-state index contributed by atoms with van der Waals surface area (Å²) < 4.78 is 0. The van der Waals surface area contributed by atoms with E-state index in [0.29, 0.717) is 0 Å². The Morgan fingerprint density at radius 3 is 2.18 bits per heavy atom. The number of carbonyl (C=O) groups is 2. The van der Waals surface area contributed by atoms with Crippen molar-refractivity contribution in [2.75, 3.05) is 0 Å². The smallest absolute Gasteiger partial charge is 0.320 e. The molecule has 1 unspecified atom stereocenters. The summed E-state index contributed by atoms with van der Waals surface area (Å²) in [6.07, 6.45) is 6.73. The molecule has 1 aliphatic carbocycles. The molecule has 0 spiro atoms. The maximum atomic E-state index is 11.0. The lowest BCUT2D eigenvalue weighted by Crippen LogP contribution is -2.43. The van der Waals surface area contributed by atoms with E-state index in [1.54, 1.807) is 0 Å². The van der Waals surface area contributed by atoms with Crippen molar-refractivity contribution in [3.8, 4) is 0 Å². The number of aliphatic carboxylic acids is 2. The van der Waals surface area contributed by atoms with E-state index < -0.39 is 18.0 Å². The van der Waals surface area contributed by atoms with Gasteiger partial charge in [-0.15, -0.1) is 0 Å². The zero-order valence-electron chi connectivity index (χ0n) is 10.0. The summed E-state index contributed by atoms with van der Waals surface area (Å²) in [5.41, 5.74) is 0. The van der Waals surface area contributed by atoms with Gasteiger partial charge in [-0.25, -0.2) is 0 Å². The topological polar surface area (TPSA) is 86.6 Å². The van der Waals surface area contributed by atoms with Gasteiger partial charge in [-0.1, -0.05) is 25.7 Å². The molecule has 5 heteroatoms. The molecule has 0 bridgehead atoms. The average Bonchev–Trinajstić information content (AvgIpc) is 2.51. The predicted molar refractivity (Wildman–Crippen MR) is 62.9 cm³/mol.